The minimum atomic E-state index is -3.69. The maximum absolute atomic E-state index is 12.0. The average Bonchev–Trinajstić information content (AvgIpc) is 2.53. The van der Waals surface area contributed by atoms with Gasteiger partial charge < -0.3 is 10.1 Å². The number of sulfonamides is 1. The van der Waals surface area contributed by atoms with Crippen molar-refractivity contribution in [3.63, 3.8) is 0 Å². The Kier molecular flexibility index (Phi) is 9.08. The molecule has 0 aliphatic heterocycles. The SMILES string of the molecule is COC[C@H](C)NC(=S)NNC(=O)CCNS(=O)(=O)c1ccc(Cl)cc1. The fourth-order valence-corrected chi connectivity index (χ4v) is 3.15. The Morgan fingerprint density at radius 1 is 1.28 bits per heavy atom. The Bertz CT molecular complexity index is 683. The molecule has 0 saturated heterocycles. The van der Waals surface area contributed by atoms with Crippen LogP contribution < -0.4 is 20.9 Å². The first kappa shape index (κ1) is 21.6. The van der Waals surface area contributed by atoms with Gasteiger partial charge in [-0.05, 0) is 43.4 Å². The number of benzene rings is 1. The van der Waals surface area contributed by atoms with Gasteiger partial charge in [0.25, 0.3) is 0 Å². The van der Waals surface area contributed by atoms with Crippen LogP contribution in [0.25, 0.3) is 0 Å². The molecule has 0 heterocycles. The van der Waals surface area contributed by atoms with Gasteiger partial charge in [-0.15, -0.1) is 0 Å². The van der Waals surface area contributed by atoms with Crippen LogP contribution in [0, 0.1) is 0 Å². The summed E-state index contributed by atoms with van der Waals surface area (Å²) < 4.78 is 31.3. The van der Waals surface area contributed by atoms with Crippen molar-refractivity contribution in [2.45, 2.75) is 24.3 Å². The monoisotopic (exact) mass is 408 g/mol. The second kappa shape index (κ2) is 10.5. The number of carbonyl (C=O) groups excluding carboxylic acids is 1. The number of rotatable bonds is 8. The van der Waals surface area contributed by atoms with E-state index in [9.17, 15) is 13.2 Å². The molecular weight excluding hydrogens is 388 g/mol. The first-order valence-electron chi connectivity index (χ1n) is 7.34. The van der Waals surface area contributed by atoms with Crippen LogP contribution in [0.2, 0.25) is 5.02 Å². The molecule has 0 radical (unpaired) electrons. The summed E-state index contributed by atoms with van der Waals surface area (Å²) in [7, 11) is -2.12. The molecule has 0 bridgehead atoms. The normalized spacial score (nSPS) is 12.3. The zero-order valence-electron chi connectivity index (χ0n) is 13.8. The van der Waals surface area contributed by atoms with E-state index in [0.29, 0.717) is 11.6 Å². The Morgan fingerprint density at radius 2 is 1.92 bits per heavy atom. The van der Waals surface area contributed by atoms with E-state index in [-0.39, 0.29) is 29.0 Å². The van der Waals surface area contributed by atoms with Crippen molar-refractivity contribution in [2.75, 3.05) is 20.3 Å². The third kappa shape index (κ3) is 8.45. The van der Waals surface area contributed by atoms with Crippen LogP contribution in [0.1, 0.15) is 13.3 Å². The summed E-state index contributed by atoms with van der Waals surface area (Å²) in [4.78, 5) is 11.8. The molecule has 1 rings (SSSR count). The number of hydrogen-bond donors (Lipinski definition) is 4. The van der Waals surface area contributed by atoms with Gasteiger partial charge >= 0.3 is 0 Å². The second-order valence-corrected chi connectivity index (χ2v) is 7.72. The van der Waals surface area contributed by atoms with Crippen molar-refractivity contribution in [3.05, 3.63) is 29.3 Å². The lowest BCUT2D eigenvalue weighted by atomic mass is 10.4. The minimum Gasteiger partial charge on any atom is -0.383 e. The molecule has 0 saturated carbocycles. The molecule has 0 aromatic heterocycles. The van der Waals surface area contributed by atoms with Crippen molar-refractivity contribution >= 4 is 44.9 Å². The van der Waals surface area contributed by atoms with E-state index >= 15 is 0 Å². The lowest BCUT2D eigenvalue weighted by Crippen LogP contribution is -2.50. The molecule has 1 amide bonds. The maximum atomic E-state index is 12.0. The number of hydrazine groups is 1. The van der Waals surface area contributed by atoms with Crippen LogP contribution >= 0.6 is 23.8 Å². The molecule has 0 unspecified atom stereocenters. The summed E-state index contributed by atoms with van der Waals surface area (Å²) in [6, 6.07) is 5.71. The van der Waals surface area contributed by atoms with Gasteiger partial charge in [-0.2, -0.15) is 0 Å². The van der Waals surface area contributed by atoms with Gasteiger partial charge in [-0.1, -0.05) is 11.6 Å². The molecule has 1 atom stereocenters. The van der Waals surface area contributed by atoms with Crippen LogP contribution in [0.3, 0.4) is 0 Å². The van der Waals surface area contributed by atoms with Crippen LogP contribution in [-0.2, 0) is 19.6 Å². The van der Waals surface area contributed by atoms with E-state index < -0.39 is 15.9 Å². The highest BCUT2D eigenvalue weighted by Crippen LogP contribution is 2.13. The van der Waals surface area contributed by atoms with Gasteiger partial charge in [0.15, 0.2) is 5.11 Å². The maximum Gasteiger partial charge on any atom is 0.240 e. The standard InChI is InChI=1S/C14H21ClN4O4S2/c1-10(9-23-2)17-14(24)19-18-13(20)7-8-16-25(21,22)12-5-3-11(15)4-6-12/h3-6,10,16H,7-9H2,1-2H3,(H,18,20)(H2,17,19,24)/t10-/m0/s1. The molecule has 0 fully saturated rings. The molecule has 1 aromatic rings. The largest absolute Gasteiger partial charge is 0.383 e. The number of methoxy groups -OCH3 is 1. The Morgan fingerprint density at radius 3 is 2.52 bits per heavy atom. The summed E-state index contributed by atoms with van der Waals surface area (Å²) in [5.41, 5.74) is 4.91. The first-order chi connectivity index (χ1) is 11.7. The summed E-state index contributed by atoms with van der Waals surface area (Å²) in [6.07, 6.45) is -0.0595. The highest BCUT2D eigenvalue weighted by molar-refractivity contribution is 7.89. The minimum absolute atomic E-state index is 0.0203. The molecule has 4 N–H and O–H groups in total. The van der Waals surface area contributed by atoms with Crippen LogP contribution in [-0.4, -0.2) is 45.7 Å². The van der Waals surface area contributed by atoms with Gasteiger partial charge in [-0.25, -0.2) is 13.1 Å². The average molecular weight is 409 g/mol. The smallest absolute Gasteiger partial charge is 0.240 e. The van der Waals surface area contributed by atoms with Gasteiger partial charge in [-0.3, -0.25) is 15.6 Å². The van der Waals surface area contributed by atoms with E-state index in [1.54, 1.807) is 7.11 Å². The van der Waals surface area contributed by atoms with Crippen LogP contribution in [0.15, 0.2) is 29.2 Å². The topological polar surface area (TPSA) is 109 Å². The summed E-state index contributed by atoms with van der Waals surface area (Å²) >= 11 is 10.7. The molecule has 1 aromatic carbocycles. The third-order valence-corrected chi connectivity index (χ3v) is 4.83. The van der Waals surface area contributed by atoms with Gasteiger partial charge in [0.2, 0.25) is 15.9 Å². The van der Waals surface area contributed by atoms with Crippen LogP contribution in [0.5, 0.6) is 0 Å². The van der Waals surface area contributed by atoms with Crippen molar-refractivity contribution in [2.24, 2.45) is 0 Å². The van der Waals surface area contributed by atoms with E-state index in [2.05, 4.69) is 20.9 Å². The number of halogens is 1. The zero-order chi connectivity index (χ0) is 18.9. The van der Waals surface area contributed by atoms with Gasteiger partial charge in [0.05, 0.1) is 11.5 Å². The Labute approximate surface area is 157 Å². The predicted octanol–water partition coefficient (Wildman–Crippen LogP) is 0.539. The predicted molar refractivity (Wildman–Crippen MR) is 99.6 cm³/mol. The summed E-state index contributed by atoms with van der Waals surface area (Å²) in [5.74, 6) is -0.414. The molecule has 8 nitrogen and oxygen atoms in total. The lowest BCUT2D eigenvalue weighted by Gasteiger charge is -2.16. The highest BCUT2D eigenvalue weighted by Gasteiger charge is 2.14. The van der Waals surface area contributed by atoms with Crippen molar-refractivity contribution in [1.29, 1.82) is 0 Å². The number of ether oxygens (including phenoxy) is 1. The zero-order valence-corrected chi connectivity index (χ0v) is 16.2. The van der Waals surface area contributed by atoms with Crippen LogP contribution in [0.4, 0.5) is 0 Å². The number of hydrogen-bond acceptors (Lipinski definition) is 5. The number of carbonyl (C=O) groups is 1. The quantitative estimate of drug-likeness (QED) is 0.367. The number of nitrogens with one attached hydrogen (secondary N) is 4. The number of thiocarbonyl (C=S) groups is 1. The first-order valence-corrected chi connectivity index (χ1v) is 9.61. The van der Waals surface area contributed by atoms with Crippen molar-refractivity contribution in [1.82, 2.24) is 20.9 Å². The molecule has 0 spiro atoms. The Balaban J connectivity index is 2.32. The lowest BCUT2D eigenvalue weighted by molar-refractivity contribution is -0.121. The molecule has 11 heteroatoms. The molecule has 0 aliphatic rings. The fourth-order valence-electron chi connectivity index (χ4n) is 1.74. The van der Waals surface area contributed by atoms with E-state index in [1.807, 2.05) is 6.92 Å². The van der Waals surface area contributed by atoms with Crippen molar-refractivity contribution < 1.29 is 17.9 Å². The van der Waals surface area contributed by atoms with Gasteiger partial charge in [0.1, 0.15) is 0 Å². The van der Waals surface area contributed by atoms with E-state index in [0.717, 1.165) is 0 Å². The summed E-state index contributed by atoms with van der Waals surface area (Å²) in [6.45, 7) is 2.27. The second-order valence-electron chi connectivity index (χ2n) is 5.10. The molecule has 25 heavy (non-hydrogen) atoms. The molecular formula is C14H21ClN4O4S2. The molecule has 0 aliphatic carbocycles. The third-order valence-electron chi connectivity index (χ3n) is 2.88. The summed E-state index contributed by atoms with van der Waals surface area (Å²) in [5, 5.41) is 3.58. The number of amides is 1. The highest BCUT2D eigenvalue weighted by atomic mass is 35.5. The fraction of sp³-hybridized carbons (Fsp3) is 0.429. The van der Waals surface area contributed by atoms with Crippen molar-refractivity contribution in [3.8, 4) is 0 Å². The van der Waals surface area contributed by atoms with Gasteiger partial charge in [0, 0.05) is 31.1 Å². The van der Waals surface area contributed by atoms with E-state index in [4.69, 9.17) is 28.6 Å². The van der Waals surface area contributed by atoms with E-state index in [1.165, 1.54) is 24.3 Å². The Hall–Kier alpha value is -1.46. The molecule has 140 valence electrons.